The molecule has 2 amide bonds. The van der Waals surface area contributed by atoms with Gasteiger partial charge in [-0.1, -0.05) is 12.1 Å². The van der Waals surface area contributed by atoms with Crippen LogP contribution in [0.3, 0.4) is 0 Å². The van der Waals surface area contributed by atoms with Crippen molar-refractivity contribution >= 4 is 51.3 Å². The van der Waals surface area contributed by atoms with Crippen molar-refractivity contribution in [3.05, 3.63) is 79.1 Å². The number of fused-ring (bicyclic) bond motifs is 2. The van der Waals surface area contributed by atoms with Gasteiger partial charge in [0.2, 0.25) is 5.43 Å². The number of benzene rings is 2. The Labute approximate surface area is 172 Å². The van der Waals surface area contributed by atoms with Crippen LogP contribution < -0.4 is 10.4 Å². The summed E-state index contributed by atoms with van der Waals surface area (Å²) in [5.74, 6) is -1.86. The summed E-state index contributed by atoms with van der Waals surface area (Å²) in [4.78, 5) is 51.0. The summed E-state index contributed by atoms with van der Waals surface area (Å²) in [5.41, 5.74) is 0.116. The van der Waals surface area contributed by atoms with Gasteiger partial charge in [-0.05, 0) is 59.8 Å². The Morgan fingerprint density at radius 2 is 1.68 bits per heavy atom. The highest BCUT2D eigenvalue weighted by molar-refractivity contribution is 14.1. The number of nitrogens with zero attached hydrogens (tertiary/aromatic N) is 2. The molecule has 1 aromatic heterocycles. The monoisotopic (exact) mass is 488 g/mol. The second-order valence-corrected chi connectivity index (χ2v) is 7.31. The molecule has 0 unspecified atom stereocenters. The molecule has 4 rings (SSSR count). The molecule has 1 aliphatic heterocycles. The van der Waals surface area contributed by atoms with Crippen LogP contribution in [0.1, 0.15) is 38.0 Å². The van der Waals surface area contributed by atoms with E-state index in [1.807, 2.05) is 22.6 Å². The number of hydrogen-bond donors (Lipinski definition) is 0. The summed E-state index contributed by atoms with van der Waals surface area (Å²) in [6.07, 6.45) is 1.19. The van der Waals surface area contributed by atoms with E-state index in [1.54, 1.807) is 49.4 Å². The molecule has 1 aliphatic rings. The Hall–Kier alpha value is -3.01. The van der Waals surface area contributed by atoms with Gasteiger partial charge in [0.15, 0.2) is 0 Å². The van der Waals surface area contributed by atoms with E-state index in [0.29, 0.717) is 5.52 Å². The summed E-state index contributed by atoms with van der Waals surface area (Å²) in [7, 11) is 0. The largest absolute Gasteiger partial charge is 0.462 e. The smallest absolute Gasteiger partial charge is 0.343 e. The van der Waals surface area contributed by atoms with E-state index in [1.165, 1.54) is 10.9 Å². The normalized spacial score (nSPS) is 13.1. The molecule has 0 fully saturated rings. The summed E-state index contributed by atoms with van der Waals surface area (Å²) in [6.45, 7) is 1.72. The number of hydrogen-bond acceptors (Lipinski definition) is 5. The number of carbonyl (C=O) groups excluding carboxylic acids is 3. The van der Waals surface area contributed by atoms with Gasteiger partial charge >= 0.3 is 5.97 Å². The van der Waals surface area contributed by atoms with Crippen molar-refractivity contribution in [1.82, 2.24) is 4.68 Å². The van der Waals surface area contributed by atoms with Crippen LogP contribution >= 0.6 is 22.6 Å². The average molecular weight is 488 g/mol. The lowest BCUT2D eigenvalue weighted by Crippen LogP contribution is -2.41. The van der Waals surface area contributed by atoms with Crippen LogP contribution in [0.5, 0.6) is 0 Å². The molecule has 0 saturated carbocycles. The lowest BCUT2D eigenvalue weighted by molar-refractivity contribution is 0.0523. The predicted octanol–water partition coefficient (Wildman–Crippen LogP) is 2.72. The van der Waals surface area contributed by atoms with E-state index in [2.05, 4.69) is 0 Å². The first-order valence-corrected chi connectivity index (χ1v) is 9.52. The molecule has 8 heteroatoms. The maximum Gasteiger partial charge on any atom is 0.343 e. The molecule has 0 spiro atoms. The molecule has 0 radical (unpaired) electrons. The minimum atomic E-state index is -0.807. The number of ether oxygens (including phenoxy) is 1. The van der Waals surface area contributed by atoms with Crippen molar-refractivity contribution in [1.29, 1.82) is 0 Å². The Kier molecular flexibility index (Phi) is 4.50. The van der Waals surface area contributed by atoms with Crippen LogP contribution in [-0.4, -0.2) is 29.1 Å². The van der Waals surface area contributed by atoms with Gasteiger partial charge in [-0.25, -0.2) is 9.47 Å². The van der Waals surface area contributed by atoms with E-state index in [0.717, 1.165) is 8.58 Å². The van der Waals surface area contributed by atoms with Crippen molar-refractivity contribution in [2.24, 2.45) is 0 Å². The van der Waals surface area contributed by atoms with Gasteiger partial charge in [0.05, 0.1) is 23.3 Å². The first-order chi connectivity index (χ1) is 13.4. The highest BCUT2D eigenvalue weighted by atomic mass is 127. The number of pyridine rings is 1. The van der Waals surface area contributed by atoms with E-state index < -0.39 is 23.2 Å². The Morgan fingerprint density at radius 1 is 1.04 bits per heavy atom. The Morgan fingerprint density at radius 3 is 2.29 bits per heavy atom. The maximum absolute atomic E-state index is 12.9. The van der Waals surface area contributed by atoms with Crippen LogP contribution in [0, 0.1) is 3.57 Å². The molecule has 2 heterocycles. The van der Waals surface area contributed by atoms with Crippen molar-refractivity contribution in [3.63, 3.8) is 0 Å². The molecule has 0 N–H and O–H groups in total. The van der Waals surface area contributed by atoms with Crippen LogP contribution in [0.15, 0.2) is 53.5 Å². The molecular weight excluding hydrogens is 475 g/mol. The molecule has 0 saturated heterocycles. The fraction of sp³-hybridized carbons (Fsp3) is 0.100. The van der Waals surface area contributed by atoms with Gasteiger partial charge in [0, 0.05) is 15.2 Å². The van der Waals surface area contributed by atoms with E-state index in [-0.39, 0.29) is 28.7 Å². The van der Waals surface area contributed by atoms with Crippen molar-refractivity contribution < 1.29 is 19.1 Å². The summed E-state index contributed by atoms with van der Waals surface area (Å²) < 4.78 is 7.01. The molecule has 0 aliphatic carbocycles. The SMILES string of the molecule is CCOC(=O)c1cn(N2C(=O)c3ccccc3C2=O)c2ccc(I)cc2c1=O. The van der Waals surface area contributed by atoms with Gasteiger partial charge in [0.1, 0.15) is 5.56 Å². The first kappa shape index (κ1) is 18.4. The predicted molar refractivity (Wildman–Crippen MR) is 110 cm³/mol. The first-order valence-electron chi connectivity index (χ1n) is 8.44. The molecule has 0 atom stereocenters. The summed E-state index contributed by atoms with van der Waals surface area (Å²) in [6, 6.07) is 11.5. The van der Waals surface area contributed by atoms with Crippen molar-refractivity contribution in [3.8, 4) is 0 Å². The van der Waals surface area contributed by atoms with Crippen LogP contribution in [0.25, 0.3) is 10.9 Å². The molecule has 28 heavy (non-hydrogen) atoms. The van der Waals surface area contributed by atoms with Crippen LogP contribution in [0.2, 0.25) is 0 Å². The van der Waals surface area contributed by atoms with E-state index in [4.69, 9.17) is 4.74 Å². The second-order valence-electron chi connectivity index (χ2n) is 6.07. The third kappa shape index (κ3) is 2.71. The minimum Gasteiger partial charge on any atom is -0.462 e. The number of rotatable bonds is 3. The fourth-order valence-electron chi connectivity index (χ4n) is 3.18. The second kappa shape index (κ2) is 6.86. The zero-order valence-electron chi connectivity index (χ0n) is 14.6. The number of carbonyl (C=O) groups is 3. The summed E-state index contributed by atoms with van der Waals surface area (Å²) >= 11 is 2.05. The zero-order valence-corrected chi connectivity index (χ0v) is 16.8. The molecule has 140 valence electrons. The molecule has 3 aromatic rings. The number of amides is 2. The molecule has 7 nitrogen and oxygen atoms in total. The highest BCUT2D eigenvalue weighted by Gasteiger charge is 2.37. The number of aromatic nitrogens is 1. The van der Waals surface area contributed by atoms with Gasteiger partial charge in [-0.2, -0.15) is 5.01 Å². The van der Waals surface area contributed by atoms with E-state index >= 15 is 0 Å². The molecular formula is C20H13IN2O5. The summed E-state index contributed by atoms with van der Waals surface area (Å²) in [5, 5.41) is 1.15. The maximum atomic E-state index is 12.9. The standard InChI is InChI=1S/C20H13IN2O5/c1-2-28-20(27)15-10-22(16-8-7-11(21)9-14(16)17(15)24)23-18(25)12-5-3-4-6-13(12)19(23)26/h3-10H,2H2,1H3. The average Bonchev–Trinajstić information content (AvgIpc) is 2.94. The van der Waals surface area contributed by atoms with Crippen LogP contribution in [0.4, 0.5) is 0 Å². The van der Waals surface area contributed by atoms with Gasteiger partial charge in [-0.3, -0.25) is 14.4 Å². The lowest BCUT2D eigenvalue weighted by atomic mass is 10.1. The molecule has 0 bridgehead atoms. The Bertz CT molecular complexity index is 1200. The van der Waals surface area contributed by atoms with Gasteiger partial charge in [0.25, 0.3) is 11.8 Å². The highest BCUT2D eigenvalue weighted by Crippen LogP contribution is 2.24. The fourth-order valence-corrected chi connectivity index (χ4v) is 3.67. The quantitative estimate of drug-likeness (QED) is 0.322. The van der Waals surface area contributed by atoms with E-state index in [9.17, 15) is 19.2 Å². The third-order valence-electron chi connectivity index (χ3n) is 4.43. The van der Waals surface area contributed by atoms with Gasteiger partial charge in [-0.15, -0.1) is 0 Å². The molecule has 2 aromatic carbocycles. The number of esters is 1. The van der Waals surface area contributed by atoms with Gasteiger partial charge < -0.3 is 4.74 Å². The Balaban J connectivity index is 2.01. The van der Waals surface area contributed by atoms with Crippen molar-refractivity contribution in [2.45, 2.75) is 6.92 Å². The van der Waals surface area contributed by atoms with Crippen LogP contribution in [-0.2, 0) is 4.74 Å². The number of halogens is 1. The minimum absolute atomic E-state index is 0.0929. The van der Waals surface area contributed by atoms with Crippen molar-refractivity contribution in [2.75, 3.05) is 11.6 Å². The topological polar surface area (TPSA) is 85.7 Å². The lowest BCUT2D eigenvalue weighted by Gasteiger charge is -2.21. The third-order valence-corrected chi connectivity index (χ3v) is 5.10. The number of imide groups is 1. The zero-order chi connectivity index (χ0) is 20.0.